The normalized spacial score (nSPS) is 17.8. The molecule has 0 spiro atoms. The number of carbonyl (C=O) groups is 2. The highest BCUT2D eigenvalue weighted by Gasteiger charge is 2.34. The molecule has 2 aliphatic heterocycles. The number of rotatable bonds is 6. The van der Waals surface area contributed by atoms with Gasteiger partial charge in [-0.2, -0.15) is 0 Å². The van der Waals surface area contributed by atoms with Gasteiger partial charge in [0, 0.05) is 31.3 Å². The zero-order chi connectivity index (χ0) is 29.0. The molecule has 2 fully saturated rings. The first kappa shape index (κ1) is 28.7. The van der Waals surface area contributed by atoms with Crippen LogP contribution in [0.5, 0.6) is 0 Å². The minimum Gasteiger partial charge on any atom is -0.455 e. The first-order valence-corrected chi connectivity index (χ1v) is 14.0. The number of morpholine rings is 1. The molecule has 218 valence electrons. The highest BCUT2D eigenvalue weighted by atomic mass is 16.6. The summed E-state index contributed by atoms with van der Waals surface area (Å²) < 4.78 is 16.9. The van der Waals surface area contributed by atoms with E-state index in [0.717, 1.165) is 17.9 Å². The molecule has 0 saturated carbocycles. The molecule has 1 aromatic carbocycles. The van der Waals surface area contributed by atoms with Crippen LogP contribution in [0.4, 0.5) is 16.3 Å². The number of imide groups is 1. The van der Waals surface area contributed by atoms with Gasteiger partial charge in [-0.3, -0.25) is 4.79 Å². The maximum absolute atomic E-state index is 13.7. The smallest absolute Gasteiger partial charge is 0.421 e. The number of hydrogen-bond acceptors (Lipinski definition) is 10. The lowest BCUT2D eigenvalue weighted by Gasteiger charge is -2.30. The van der Waals surface area contributed by atoms with Gasteiger partial charge < -0.3 is 29.2 Å². The van der Waals surface area contributed by atoms with Crippen molar-refractivity contribution < 1.29 is 28.6 Å². The van der Waals surface area contributed by atoms with E-state index in [4.69, 9.17) is 23.9 Å². The fraction of sp³-hybridized carbons (Fsp3) is 0.467. The molecule has 2 aromatic heterocycles. The largest absolute Gasteiger partial charge is 0.455 e. The SMILES string of the molecule is CC(C)(C)OC(=O)N(C(=O)C1CCCNC1)c1cccc(-c2cc(N3CCOCC3)nc(-c3ccc(CO)o3)n2)c1. The predicted molar refractivity (Wildman–Crippen MR) is 153 cm³/mol. The van der Waals surface area contributed by atoms with Gasteiger partial charge in [-0.05, 0) is 64.4 Å². The Kier molecular flexibility index (Phi) is 8.67. The molecular weight excluding hydrogens is 526 g/mol. The van der Waals surface area contributed by atoms with Crippen molar-refractivity contribution in [3.05, 3.63) is 48.2 Å². The zero-order valence-corrected chi connectivity index (χ0v) is 23.8. The number of hydrogen-bond donors (Lipinski definition) is 2. The molecule has 0 aliphatic carbocycles. The highest BCUT2D eigenvalue weighted by molar-refractivity contribution is 6.13. The number of carbonyl (C=O) groups excluding carboxylic acids is 2. The number of aliphatic hydroxyl groups excluding tert-OH is 1. The van der Waals surface area contributed by atoms with Crippen LogP contribution in [0.1, 0.15) is 39.4 Å². The van der Waals surface area contributed by atoms with Crippen molar-refractivity contribution in [2.75, 3.05) is 49.2 Å². The maximum atomic E-state index is 13.7. The van der Waals surface area contributed by atoms with Gasteiger partial charge in [-0.15, -0.1) is 0 Å². The van der Waals surface area contributed by atoms with Gasteiger partial charge in [0.15, 0.2) is 11.6 Å². The third kappa shape index (κ3) is 6.92. The lowest BCUT2D eigenvalue weighted by Crippen LogP contribution is -2.47. The van der Waals surface area contributed by atoms with Crippen molar-refractivity contribution in [2.24, 2.45) is 5.92 Å². The second-order valence-corrected chi connectivity index (χ2v) is 11.2. The first-order valence-electron chi connectivity index (χ1n) is 14.0. The van der Waals surface area contributed by atoms with E-state index in [9.17, 15) is 14.7 Å². The molecule has 1 unspecified atom stereocenters. The second kappa shape index (κ2) is 12.4. The third-order valence-corrected chi connectivity index (χ3v) is 6.93. The van der Waals surface area contributed by atoms with Crippen LogP contribution < -0.4 is 15.1 Å². The van der Waals surface area contributed by atoms with Crippen LogP contribution in [0.15, 0.2) is 46.9 Å². The fourth-order valence-corrected chi connectivity index (χ4v) is 4.91. The Labute approximate surface area is 239 Å². The molecule has 2 saturated heterocycles. The van der Waals surface area contributed by atoms with Crippen LogP contribution in [-0.2, 0) is 20.9 Å². The Bertz CT molecular complexity index is 1370. The van der Waals surface area contributed by atoms with E-state index in [2.05, 4.69) is 10.2 Å². The number of aromatic nitrogens is 2. The van der Waals surface area contributed by atoms with Crippen molar-refractivity contribution in [1.82, 2.24) is 15.3 Å². The summed E-state index contributed by atoms with van der Waals surface area (Å²) in [5.41, 5.74) is 0.915. The molecule has 2 N–H and O–H groups in total. The van der Waals surface area contributed by atoms with Gasteiger partial charge in [0.25, 0.3) is 0 Å². The number of amides is 2. The second-order valence-electron chi connectivity index (χ2n) is 11.2. The number of furan rings is 1. The van der Waals surface area contributed by atoms with Gasteiger partial charge in [-0.25, -0.2) is 19.7 Å². The molecule has 5 rings (SSSR count). The van der Waals surface area contributed by atoms with E-state index >= 15 is 0 Å². The van der Waals surface area contributed by atoms with Gasteiger partial charge in [0.1, 0.15) is 23.8 Å². The lowest BCUT2D eigenvalue weighted by molar-refractivity contribution is -0.122. The van der Waals surface area contributed by atoms with Crippen LogP contribution in [0.25, 0.3) is 22.8 Å². The minimum atomic E-state index is -0.775. The first-order chi connectivity index (χ1) is 19.7. The number of piperidine rings is 1. The summed E-state index contributed by atoms with van der Waals surface area (Å²) in [5, 5.41) is 12.8. The van der Waals surface area contributed by atoms with Gasteiger partial charge in [0.2, 0.25) is 5.91 Å². The summed E-state index contributed by atoms with van der Waals surface area (Å²) in [4.78, 5) is 39.9. The van der Waals surface area contributed by atoms with Crippen LogP contribution in [-0.4, -0.2) is 72.1 Å². The molecule has 4 heterocycles. The quantitative estimate of drug-likeness (QED) is 0.454. The summed E-state index contributed by atoms with van der Waals surface area (Å²) in [6, 6.07) is 12.5. The standard InChI is InChI=1S/C30H37N5O6/c1-30(2,3)41-29(38)35(28(37)21-7-5-11-31-18-21)22-8-4-6-20(16-22)24-17-26(34-12-14-39-15-13-34)33-27(32-24)25-10-9-23(19-36)40-25/h4,6,8-10,16-17,21,31,36H,5,7,11-15,18-19H2,1-3H3. The van der Waals surface area contributed by atoms with Crippen molar-refractivity contribution in [3.8, 4) is 22.8 Å². The summed E-state index contributed by atoms with van der Waals surface area (Å²) >= 11 is 0. The summed E-state index contributed by atoms with van der Waals surface area (Å²) in [7, 11) is 0. The Morgan fingerprint density at radius 1 is 1.15 bits per heavy atom. The number of benzene rings is 1. The predicted octanol–water partition coefficient (Wildman–Crippen LogP) is 4.00. The van der Waals surface area contributed by atoms with E-state index in [1.54, 1.807) is 51.1 Å². The Balaban J connectivity index is 1.55. The summed E-state index contributed by atoms with van der Waals surface area (Å²) in [5.74, 6) is 1.27. The minimum absolute atomic E-state index is 0.233. The van der Waals surface area contributed by atoms with E-state index in [1.165, 1.54) is 0 Å². The average Bonchev–Trinajstić information content (AvgIpc) is 3.47. The fourth-order valence-electron chi connectivity index (χ4n) is 4.91. The van der Waals surface area contributed by atoms with Gasteiger partial charge in [-0.1, -0.05) is 12.1 Å². The van der Waals surface area contributed by atoms with Crippen molar-refractivity contribution in [2.45, 2.75) is 45.8 Å². The average molecular weight is 564 g/mol. The Hall–Kier alpha value is -3.80. The molecule has 11 heteroatoms. The summed E-state index contributed by atoms with van der Waals surface area (Å²) in [6.45, 7) is 8.97. The summed E-state index contributed by atoms with van der Waals surface area (Å²) in [6.07, 6.45) is 0.842. The molecule has 41 heavy (non-hydrogen) atoms. The monoisotopic (exact) mass is 563 g/mol. The van der Waals surface area contributed by atoms with E-state index in [-0.39, 0.29) is 18.4 Å². The maximum Gasteiger partial charge on any atom is 0.421 e. The van der Waals surface area contributed by atoms with Gasteiger partial charge >= 0.3 is 6.09 Å². The van der Waals surface area contributed by atoms with Crippen molar-refractivity contribution in [1.29, 1.82) is 0 Å². The zero-order valence-electron chi connectivity index (χ0n) is 23.8. The molecule has 0 radical (unpaired) electrons. The van der Waals surface area contributed by atoms with Gasteiger partial charge in [0.05, 0.1) is 30.5 Å². The van der Waals surface area contributed by atoms with Crippen LogP contribution in [0.2, 0.25) is 0 Å². The van der Waals surface area contributed by atoms with E-state index in [1.807, 2.05) is 12.1 Å². The molecule has 3 aromatic rings. The van der Waals surface area contributed by atoms with E-state index < -0.39 is 11.7 Å². The molecular formula is C30H37N5O6. The molecule has 2 amide bonds. The van der Waals surface area contributed by atoms with Crippen LogP contribution in [0, 0.1) is 5.92 Å². The molecule has 0 bridgehead atoms. The van der Waals surface area contributed by atoms with Crippen LogP contribution >= 0.6 is 0 Å². The number of aliphatic hydroxyl groups is 1. The topological polar surface area (TPSA) is 130 Å². The van der Waals surface area contributed by atoms with Crippen molar-refractivity contribution >= 4 is 23.5 Å². The lowest BCUT2D eigenvalue weighted by atomic mass is 9.97. The number of anilines is 2. The molecule has 1 atom stereocenters. The van der Waals surface area contributed by atoms with Crippen molar-refractivity contribution in [3.63, 3.8) is 0 Å². The highest BCUT2D eigenvalue weighted by Crippen LogP contribution is 2.31. The Morgan fingerprint density at radius 2 is 1.95 bits per heavy atom. The molecule has 2 aliphatic rings. The Morgan fingerprint density at radius 3 is 2.63 bits per heavy atom. The van der Waals surface area contributed by atoms with Crippen LogP contribution in [0.3, 0.4) is 0 Å². The molecule has 11 nitrogen and oxygen atoms in total. The number of nitrogens with zero attached hydrogens (tertiary/aromatic N) is 4. The third-order valence-electron chi connectivity index (χ3n) is 6.93. The number of nitrogens with one attached hydrogen (secondary N) is 1. The van der Waals surface area contributed by atoms with E-state index in [0.29, 0.717) is 79.4 Å². The number of ether oxygens (including phenoxy) is 2.